The van der Waals surface area contributed by atoms with Crippen molar-refractivity contribution in [3.63, 3.8) is 0 Å². The van der Waals surface area contributed by atoms with Crippen molar-refractivity contribution < 1.29 is 18.0 Å². The molecule has 2 atom stereocenters. The molecule has 76 valence electrons. The van der Waals surface area contributed by atoms with Crippen LogP contribution in [-0.4, -0.2) is 30.7 Å². The number of nitrogens with one attached hydrogen (secondary N) is 2. The van der Waals surface area contributed by atoms with E-state index in [2.05, 4.69) is 5.32 Å². The zero-order valence-electron chi connectivity index (χ0n) is 7.11. The van der Waals surface area contributed by atoms with Crippen molar-refractivity contribution >= 4 is 5.91 Å². The third-order valence-electron chi connectivity index (χ3n) is 1.94. The van der Waals surface area contributed by atoms with Gasteiger partial charge in [-0.05, 0) is 13.3 Å². The van der Waals surface area contributed by atoms with Crippen molar-refractivity contribution in [1.82, 2.24) is 10.6 Å². The van der Waals surface area contributed by atoms with E-state index < -0.39 is 18.1 Å². The Morgan fingerprint density at radius 2 is 2.15 bits per heavy atom. The highest BCUT2D eigenvalue weighted by molar-refractivity contribution is 5.81. The molecular formula is C7H11F3N2O. The smallest absolute Gasteiger partial charge is 0.344 e. The van der Waals surface area contributed by atoms with Gasteiger partial charge in [0, 0.05) is 18.6 Å². The summed E-state index contributed by atoms with van der Waals surface area (Å²) >= 11 is 0. The molecule has 3 nitrogen and oxygen atoms in total. The molecule has 1 unspecified atom stereocenters. The van der Waals surface area contributed by atoms with Crippen LogP contribution in [0.25, 0.3) is 0 Å². The zero-order chi connectivity index (χ0) is 10.1. The zero-order valence-corrected chi connectivity index (χ0v) is 7.11. The second-order valence-corrected chi connectivity index (χ2v) is 3.21. The number of alkyl halides is 3. The van der Waals surface area contributed by atoms with Crippen molar-refractivity contribution in [1.29, 1.82) is 0 Å². The molecule has 0 aromatic heterocycles. The highest BCUT2D eigenvalue weighted by Crippen LogP contribution is 2.15. The highest BCUT2D eigenvalue weighted by atomic mass is 19.4. The minimum atomic E-state index is -4.77. The van der Waals surface area contributed by atoms with Gasteiger partial charge in [0.05, 0.1) is 0 Å². The Labute approximate surface area is 73.7 Å². The van der Waals surface area contributed by atoms with E-state index in [-0.39, 0.29) is 6.04 Å². The lowest BCUT2D eigenvalue weighted by atomic mass is 10.2. The van der Waals surface area contributed by atoms with E-state index in [0.29, 0.717) is 13.0 Å². The van der Waals surface area contributed by atoms with Crippen molar-refractivity contribution in [2.24, 2.45) is 0 Å². The summed E-state index contributed by atoms with van der Waals surface area (Å²) in [6.07, 6.45) is -4.23. The van der Waals surface area contributed by atoms with E-state index in [1.54, 1.807) is 0 Å². The Kier molecular flexibility index (Phi) is 2.80. The molecule has 0 bridgehead atoms. The number of rotatable bonds is 1. The maximum absolute atomic E-state index is 11.8. The third-order valence-corrected chi connectivity index (χ3v) is 1.94. The van der Waals surface area contributed by atoms with E-state index in [1.165, 1.54) is 0 Å². The fourth-order valence-electron chi connectivity index (χ4n) is 1.31. The Hall–Kier alpha value is -0.780. The van der Waals surface area contributed by atoms with Crippen LogP contribution in [0.3, 0.4) is 0 Å². The SMILES string of the molecule is C[C@H]1CC(NC(=O)C(F)(F)F)CN1. The van der Waals surface area contributed by atoms with Crippen molar-refractivity contribution in [3.8, 4) is 0 Å². The molecule has 0 radical (unpaired) electrons. The predicted octanol–water partition coefficient (Wildman–Crippen LogP) is 0.415. The van der Waals surface area contributed by atoms with Crippen molar-refractivity contribution in [3.05, 3.63) is 0 Å². The maximum Gasteiger partial charge on any atom is 0.471 e. The number of halogens is 3. The first kappa shape index (κ1) is 10.3. The second-order valence-electron chi connectivity index (χ2n) is 3.21. The third kappa shape index (κ3) is 2.87. The number of carbonyl (C=O) groups is 1. The van der Waals surface area contributed by atoms with Crippen LogP contribution in [0, 0.1) is 0 Å². The van der Waals surface area contributed by atoms with Gasteiger partial charge < -0.3 is 10.6 Å². The summed E-state index contributed by atoms with van der Waals surface area (Å²) in [7, 11) is 0. The summed E-state index contributed by atoms with van der Waals surface area (Å²) in [5.41, 5.74) is 0. The van der Waals surface area contributed by atoms with Crippen LogP contribution in [0.5, 0.6) is 0 Å². The molecule has 1 amide bonds. The first-order valence-electron chi connectivity index (χ1n) is 4.00. The Morgan fingerprint density at radius 3 is 2.54 bits per heavy atom. The van der Waals surface area contributed by atoms with Crippen LogP contribution >= 0.6 is 0 Å². The number of carbonyl (C=O) groups excluding carboxylic acids is 1. The van der Waals surface area contributed by atoms with Gasteiger partial charge in [0.25, 0.3) is 0 Å². The number of hydrogen-bond donors (Lipinski definition) is 2. The highest BCUT2D eigenvalue weighted by Gasteiger charge is 2.40. The summed E-state index contributed by atoms with van der Waals surface area (Å²) < 4.78 is 35.3. The van der Waals surface area contributed by atoms with Gasteiger partial charge in [-0.3, -0.25) is 4.79 Å². The van der Waals surface area contributed by atoms with E-state index in [4.69, 9.17) is 0 Å². The molecule has 1 rings (SSSR count). The summed E-state index contributed by atoms with van der Waals surface area (Å²) in [4.78, 5) is 10.5. The van der Waals surface area contributed by atoms with Crippen LogP contribution < -0.4 is 10.6 Å². The lowest BCUT2D eigenvalue weighted by Gasteiger charge is -2.12. The predicted molar refractivity (Wildman–Crippen MR) is 40.1 cm³/mol. The molecule has 6 heteroatoms. The largest absolute Gasteiger partial charge is 0.471 e. The normalized spacial score (nSPS) is 28.9. The van der Waals surface area contributed by atoms with Crippen LogP contribution in [0.2, 0.25) is 0 Å². The molecular weight excluding hydrogens is 185 g/mol. The molecule has 0 spiro atoms. The van der Waals surface area contributed by atoms with Crippen LogP contribution in [0.4, 0.5) is 13.2 Å². The topological polar surface area (TPSA) is 41.1 Å². The number of hydrogen-bond acceptors (Lipinski definition) is 2. The number of amides is 1. The molecule has 1 aliphatic rings. The molecule has 0 aliphatic carbocycles. The molecule has 0 saturated carbocycles. The molecule has 2 N–H and O–H groups in total. The van der Waals surface area contributed by atoms with Gasteiger partial charge >= 0.3 is 12.1 Å². The van der Waals surface area contributed by atoms with Crippen molar-refractivity contribution in [2.45, 2.75) is 31.6 Å². The summed E-state index contributed by atoms with van der Waals surface area (Å²) in [6.45, 7) is 2.27. The lowest BCUT2D eigenvalue weighted by Crippen LogP contribution is -2.43. The molecule has 0 aromatic carbocycles. The molecule has 1 aliphatic heterocycles. The Bertz CT molecular complexity index is 204. The van der Waals surface area contributed by atoms with Gasteiger partial charge in [-0.1, -0.05) is 0 Å². The quantitative estimate of drug-likeness (QED) is 0.638. The summed E-state index contributed by atoms with van der Waals surface area (Å²) in [5.74, 6) is -1.85. The van der Waals surface area contributed by atoms with Crippen molar-refractivity contribution in [2.75, 3.05) is 6.54 Å². The van der Waals surface area contributed by atoms with E-state index in [0.717, 1.165) is 0 Å². The molecule has 1 saturated heterocycles. The van der Waals surface area contributed by atoms with Gasteiger partial charge in [0.15, 0.2) is 0 Å². The van der Waals surface area contributed by atoms with Gasteiger partial charge in [-0.15, -0.1) is 0 Å². The lowest BCUT2D eigenvalue weighted by molar-refractivity contribution is -0.174. The first-order chi connectivity index (χ1) is 5.89. The average Bonchev–Trinajstić information content (AvgIpc) is 2.33. The first-order valence-corrected chi connectivity index (χ1v) is 4.00. The Balaban J connectivity index is 2.37. The monoisotopic (exact) mass is 196 g/mol. The minimum absolute atomic E-state index is 0.165. The average molecular weight is 196 g/mol. The van der Waals surface area contributed by atoms with Crippen LogP contribution in [0.1, 0.15) is 13.3 Å². The van der Waals surface area contributed by atoms with E-state index >= 15 is 0 Å². The summed E-state index contributed by atoms with van der Waals surface area (Å²) in [6, 6.07) is -0.234. The fourth-order valence-corrected chi connectivity index (χ4v) is 1.31. The van der Waals surface area contributed by atoms with Gasteiger partial charge in [0.1, 0.15) is 0 Å². The molecule has 0 aromatic rings. The van der Waals surface area contributed by atoms with E-state index in [1.807, 2.05) is 12.2 Å². The van der Waals surface area contributed by atoms with Crippen LogP contribution in [0.15, 0.2) is 0 Å². The minimum Gasteiger partial charge on any atom is -0.344 e. The van der Waals surface area contributed by atoms with Gasteiger partial charge in [-0.25, -0.2) is 0 Å². The fraction of sp³-hybridized carbons (Fsp3) is 0.857. The summed E-state index contributed by atoms with van der Waals surface area (Å²) in [5, 5.41) is 4.87. The maximum atomic E-state index is 11.8. The molecule has 13 heavy (non-hydrogen) atoms. The van der Waals surface area contributed by atoms with E-state index in [9.17, 15) is 18.0 Å². The van der Waals surface area contributed by atoms with Gasteiger partial charge in [-0.2, -0.15) is 13.2 Å². The standard InChI is InChI=1S/C7H11F3N2O/c1-4-2-5(3-11-4)12-6(13)7(8,9)10/h4-5,11H,2-3H2,1H3,(H,12,13)/t4-,5?/m0/s1. The second kappa shape index (κ2) is 3.53. The Morgan fingerprint density at radius 1 is 1.54 bits per heavy atom. The molecule has 1 fully saturated rings. The molecule has 1 heterocycles. The van der Waals surface area contributed by atoms with Crippen LogP contribution in [-0.2, 0) is 4.79 Å². The van der Waals surface area contributed by atoms with Gasteiger partial charge in [0.2, 0.25) is 0 Å².